The van der Waals surface area contributed by atoms with Gasteiger partial charge in [0, 0.05) is 6.04 Å². The lowest BCUT2D eigenvalue weighted by atomic mass is 9.94. The lowest BCUT2D eigenvalue weighted by molar-refractivity contribution is 0.519. The summed E-state index contributed by atoms with van der Waals surface area (Å²) in [5, 5.41) is 15.5. The van der Waals surface area contributed by atoms with Crippen LogP contribution in [0.15, 0.2) is 97.1 Å². The van der Waals surface area contributed by atoms with Crippen LogP contribution in [0.2, 0.25) is 0 Å². The first kappa shape index (κ1) is 18.0. The highest BCUT2D eigenvalue weighted by Gasteiger charge is 2.18. The van der Waals surface area contributed by atoms with Crippen molar-refractivity contribution in [3.8, 4) is 6.07 Å². The van der Waals surface area contributed by atoms with Gasteiger partial charge in [0.25, 0.3) is 0 Å². The largest absolute Gasteiger partial charge is 0.300 e. The Morgan fingerprint density at radius 3 is 2.11 bits per heavy atom. The van der Waals surface area contributed by atoms with E-state index in [9.17, 15) is 0 Å². The van der Waals surface area contributed by atoms with Gasteiger partial charge in [-0.1, -0.05) is 84.9 Å². The Balaban J connectivity index is 1.71. The average molecular weight is 362 g/mol. The van der Waals surface area contributed by atoms with Gasteiger partial charge in [0.2, 0.25) is 0 Å². The number of nitrogens with one attached hydrogen (secondary N) is 1. The highest BCUT2D eigenvalue weighted by molar-refractivity contribution is 5.86. The Bertz CT molecular complexity index is 1100. The molecule has 0 saturated heterocycles. The minimum atomic E-state index is 0.0444. The van der Waals surface area contributed by atoms with Gasteiger partial charge >= 0.3 is 0 Å². The number of nitrogens with zero attached hydrogens (tertiary/aromatic N) is 1. The van der Waals surface area contributed by atoms with Gasteiger partial charge in [0.15, 0.2) is 0 Å². The second-order valence-corrected chi connectivity index (χ2v) is 7.03. The van der Waals surface area contributed by atoms with E-state index in [0.717, 1.165) is 5.56 Å². The summed E-state index contributed by atoms with van der Waals surface area (Å²) in [6, 6.07) is 35.7. The maximum atomic E-state index is 9.11. The van der Waals surface area contributed by atoms with Crippen LogP contribution in [0.5, 0.6) is 0 Å². The number of hydrogen-bond donors (Lipinski definition) is 1. The van der Waals surface area contributed by atoms with E-state index in [4.69, 9.17) is 5.26 Å². The van der Waals surface area contributed by atoms with E-state index in [1.807, 2.05) is 30.3 Å². The molecule has 0 fully saturated rings. The number of hydrogen-bond acceptors (Lipinski definition) is 2. The fourth-order valence-corrected chi connectivity index (χ4v) is 3.75. The van der Waals surface area contributed by atoms with E-state index in [-0.39, 0.29) is 12.1 Å². The molecule has 4 rings (SSSR count). The number of fused-ring (bicyclic) bond motifs is 1. The molecule has 28 heavy (non-hydrogen) atoms. The maximum absolute atomic E-state index is 9.11. The molecule has 2 atom stereocenters. The summed E-state index contributed by atoms with van der Waals surface area (Å²) in [7, 11) is 0. The molecule has 0 saturated carbocycles. The minimum Gasteiger partial charge on any atom is -0.300 e. The van der Waals surface area contributed by atoms with Crippen LogP contribution in [0.1, 0.15) is 41.3 Å². The van der Waals surface area contributed by atoms with Gasteiger partial charge in [-0.05, 0) is 46.5 Å². The molecule has 0 aliphatic carbocycles. The van der Waals surface area contributed by atoms with Crippen LogP contribution < -0.4 is 5.32 Å². The van der Waals surface area contributed by atoms with Crippen molar-refractivity contribution in [3.05, 3.63) is 119 Å². The van der Waals surface area contributed by atoms with Gasteiger partial charge in [-0.3, -0.25) is 5.32 Å². The van der Waals surface area contributed by atoms with Crippen LogP contribution in [0.4, 0.5) is 0 Å². The molecule has 4 aromatic rings. The third-order valence-corrected chi connectivity index (χ3v) is 5.21. The zero-order valence-corrected chi connectivity index (χ0v) is 15.8. The van der Waals surface area contributed by atoms with Crippen molar-refractivity contribution >= 4 is 10.8 Å². The molecule has 0 aliphatic heterocycles. The third-order valence-electron chi connectivity index (χ3n) is 5.21. The summed E-state index contributed by atoms with van der Waals surface area (Å²) < 4.78 is 0. The monoisotopic (exact) mass is 362 g/mol. The number of rotatable bonds is 5. The molecule has 0 heterocycles. The Kier molecular flexibility index (Phi) is 5.19. The van der Waals surface area contributed by atoms with Crippen molar-refractivity contribution in [2.45, 2.75) is 19.0 Å². The highest BCUT2D eigenvalue weighted by Crippen LogP contribution is 2.29. The zero-order valence-electron chi connectivity index (χ0n) is 15.8. The molecule has 0 bridgehead atoms. The highest BCUT2D eigenvalue weighted by atomic mass is 14.9. The quantitative estimate of drug-likeness (QED) is 0.462. The predicted octanol–water partition coefficient (Wildman–Crippen LogP) is 6.15. The molecule has 0 aliphatic rings. The van der Waals surface area contributed by atoms with Gasteiger partial charge in [-0.25, -0.2) is 0 Å². The van der Waals surface area contributed by atoms with E-state index in [1.165, 1.54) is 21.9 Å². The molecule has 136 valence electrons. The van der Waals surface area contributed by atoms with Gasteiger partial charge in [-0.2, -0.15) is 5.26 Å². The number of nitriles is 1. The summed E-state index contributed by atoms with van der Waals surface area (Å²) in [4.78, 5) is 0. The average Bonchev–Trinajstić information content (AvgIpc) is 2.77. The summed E-state index contributed by atoms with van der Waals surface area (Å²) in [6.45, 7) is 2.21. The fourth-order valence-electron chi connectivity index (χ4n) is 3.75. The summed E-state index contributed by atoms with van der Waals surface area (Å²) in [5.74, 6) is 0. The molecule has 0 amide bonds. The summed E-state index contributed by atoms with van der Waals surface area (Å²) in [6.07, 6.45) is 0. The lowest BCUT2D eigenvalue weighted by Crippen LogP contribution is -2.25. The Hall–Kier alpha value is -3.41. The fraction of sp³-hybridized carbons (Fsp3) is 0.115. The molecule has 2 nitrogen and oxygen atoms in total. The molecule has 0 spiro atoms. The van der Waals surface area contributed by atoms with Crippen LogP contribution in [-0.2, 0) is 0 Å². The summed E-state index contributed by atoms with van der Waals surface area (Å²) >= 11 is 0. The van der Waals surface area contributed by atoms with E-state index in [0.29, 0.717) is 5.56 Å². The minimum absolute atomic E-state index is 0.0444. The molecule has 1 unspecified atom stereocenters. The molecule has 0 aromatic heterocycles. The second-order valence-electron chi connectivity index (χ2n) is 7.03. The molecular formula is C26H22N2. The van der Waals surface area contributed by atoms with Crippen molar-refractivity contribution in [2.24, 2.45) is 0 Å². The van der Waals surface area contributed by atoms with Gasteiger partial charge in [0.1, 0.15) is 0 Å². The molecule has 2 heteroatoms. The number of benzene rings is 4. The maximum Gasteiger partial charge on any atom is 0.0991 e. The van der Waals surface area contributed by atoms with Crippen molar-refractivity contribution in [1.29, 1.82) is 5.26 Å². The van der Waals surface area contributed by atoms with Gasteiger partial charge in [-0.15, -0.1) is 0 Å². The van der Waals surface area contributed by atoms with Crippen LogP contribution in [0.25, 0.3) is 10.8 Å². The Morgan fingerprint density at radius 2 is 1.36 bits per heavy atom. The van der Waals surface area contributed by atoms with Crippen LogP contribution in [-0.4, -0.2) is 0 Å². The van der Waals surface area contributed by atoms with Gasteiger partial charge in [0.05, 0.1) is 17.7 Å². The topological polar surface area (TPSA) is 35.8 Å². The third kappa shape index (κ3) is 3.67. The molecule has 0 radical (unpaired) electrons. The molecular weight excluding hydrogens is 340 g/mol. The van der Waals surface area contributed by atoms with Crippen molar-refractivity contribution in [1.82, 2.24) is 5.32 Å². The normalized spacial score (nSPS) is 13.0. The van der Waals surface area contributed by atoms with Crippen LogP contribution in [0, 0.1) is 11.3 Å². The first-order chi connectivity index (χ1) is 13.8. The first-order valence-corrected chi connectivity index (χ1v) is 9.55. The van der Waals surface area contributed by atoms with E-state index < -0.39 is 0 Å². The smallest absolute Gasteiger partial charge is 0.0991 e. The Labute approximate surface area is 166 Å². The SMILES string of the molecule is C[C@@H](NC(c1ccccc1)c1ccc(C#N)cc1)c1cccc2ccccc12. The standard InChI is InChI=1S/C26H22N2/c1-19(24-13-7-11-21-8-5-6-12-25(21)24)28-26(22-9-3-2-4-10-22)23-16-14-20(18-27)15-17-23/h2-17,19,26,28H,1H3/t19-,26?/m1/s1. The zero-order chi connectivity index (χ0) is 19.3. The predicted molar refractivity (Wildman–Crippen MR) is 115 cm³/mol. The lowest BCUT2D eigenvalue weighted by Gasteiger charge is -2.25. The van der Waals surface area contributed by atoms with E-state index in [2.05, 4.69) is 85.0 Å². The second kappa shape index (κ2) is 8.08. The first-order valence-electron chi connectivity index (χ1n) is 9.55. The van der Waals surface area contributed by atoms with E-state index >= 15 is 0 Å². The van der Waals surface area contributed by atoms with E-state index in [1.54, 1.807) is 0 Å². The van der Waals surface area contributed by atoms with Crippen LogP contribution >= 0.6 is 0 Å². The van der Waals surface area contributed by atoms with Crippen molar-refractivity contribution in [2.75, 3.05) is 0 Å². The van der Waals surface area contributed by atoms with Gasteiger partial charge < -0.3 is 0 Å². The van der Waals surface area contributed by atoms with Crippen molar-refractivity contribution < 1.29 is 0 Å². The van der Waals surface area contributed by atoms with Crippen molar-refractivity contribution in [3.63, 3.8) is 0 Å². The molecule has 1 N–H and O–H groups in total. The Morgan fingerprint density at radius 1 is 0.714 bits per heavy atom. The molecule has 4 aromatic carbocycles. The summed E-state index contributed by atoms with van der Waals surface area (Å²) in [5.41, 5.74) is 4.32. The van der Waals surface area contributed by atoms with Crippen LogP contribution in [0.3, 0.4) is 0 Å².